The summed E-state index contributed by atoms with van der Waals surface area (Å²) in [5.74, 6) is 0.0689. The van der Waals surface area contributed by atoms with Gasteiger partial charge in [0.25, 0.3) is 5.91 Å². The van der Waals surface area contributed by atoms with Crippen LogP contribution in [-0.4, -0.2) is 27.5 Å². The molecule has 0 radical (unpaired) electrons. The van der Waals surface area contributed by atoms with Gasteiger partial charge in [0.05, 0.1) is 6.54 Å². The SMILES string of the molecule is O=C1c2ccccc2CCCN1Cc1nnc(Cl)s1. The molecular formula is C13H12ClN3OS. The Kier molecular flexibility index (Phi) is 3.48. The van der Waals surface area contributed by atoms with Gasteiger partial charge in [-0.2, -0.15) is 0 Å². The van der Waals surface area contributed by atoms with Gasteiger partial charge < -0.3 is 4.90 Å². The normalized spacial score (nSPS) is 15.2. The van der Waals surface area contributed by atoms with Gasteiger partial charge in [0.1, 0.15) is 5.01 Å². The molecule has 0 saturated carbocycles. The highest BCUT2D eigenvalue weighted by Gasteiger charge is 2.22. The molecule has 1 amide bonds. The molecule has 1 aromatic heterocycles. The summed E-state index contributed by atoms with van der Waals surface area (Å²) in [4.78, 5) is 14.3. The first-order valence-corrected chi connectivity index (χ1v) is 7.28. The molecule has 1 aliphatic rings. The van der Waals surface area contributed by atoms with E-state index in [0.717, 1.165) is 35.5 Å². The monoisotopic (exact) mass is 293 g/mol. The summed E-state index contributed by atoms with van der Waals surface area (Å²) in [6.07, 6.45) is 1.91. The maximum absolute atomic E-state index is 12.5. The number of benzene rings is 1. The number of halogens is 1. The maximum atomic E-state index is 12.5. The van der Waals surface area contributed by atoms with Crippen LogP contribution in [0, 0.1) is 0 Å². The molecule has 0 aliphatic carbocycles. The Morgan fingerprint density at radius 2 is 2.16 bits per heavy atom. The third-order valence-electron chi connectivity index (χ3n) is 3.18. The summed E-state index contributed by atoms with van der Waals surface area (Å²) in [6.45, 7) is 1.22. The first-order chi connectivity index (χ1) is 9.24. The Morgan fingerprint density at radius 3 is 2.95 bits per heavy atom. The van der Waals surface area contributed by atoms with Gasteiger partial charge in [-0.3, -0.25) is 4.79 Å². The highest BCUT2D eigenvalue weighted by molar-refractivity contribution is 7.15. The minimum Gasteiger partial charge on any atom is -0.332 e. The molecule has 6 heteroatoms. The van der Waals surface area contributed by atoms with E-state index in [1.165, 1.54) is 11.3 Å². The van der Waals surface area contributed by atoms with Gasteiger partial charge in [-0.1, -0.05) is 29.5 Å². The van der Waals surface area contributed by atoms with Crippen molar-refractivity contribution in [1.29, 1.82) is 0 Å². The molecule has 19 heavy (non-hydrogen) atoms. The third-order valence-corrected chi connectivity index (χ3v) is 4.18. The molecule has 0 fully saturated rings. The van der Waals surface area contributed by atoms with Crippen LogP contribution >= 0.6 is 22.9 Å². The fraction of sp³-hybridized carbons (Fsp3) is 0.308. The number of carbonyl (C=O) groups excluding carboxylic acids is 1. The van der Waals surface area contributed by atoms with Gasteiger partial charge >= 0.3 is 0 Å². The van der Waals surface area contributed by atoms with Gasteiger partial charge in [-0.15, -0.1) is 10.2 Å². The second-order valence-corrected chi connectivity index (χ2v) is 6.08. The number of hydrogen-bond acceptors (Lipinski definition) is 4. The lowest BCUT2D eigenvalue weighted by molar-refractivity contribution is 0.0748. The quantitative estimate of drug-likeness (QED) is 0.855. The molecule has 0 bridgehead atoms. The van der Waals surface area contributed by atoms with E-state index in [0.29, 0.717) is 11.0 Å². The van der Waals surface area contributed by atoms with Gasteiger partial charge in [0, 0.05) is 12.1 Å². The van der Waals surface area contributed by atoms with Crippen LogP contribution in [0.25, 0.3) is 0 Å². The molecule has 0 atom stereocenters. The molecule has 0 N–H and O–H groups in total. The molecule has 1 aliphatic heterocycles. The molecular weight excluding hydrogens is 282 g/mol. The van der Waals surface area contributed by atoms with Crippen molar-refractivity contribution < 1.29 is 4.79 Å². The molecule has 2 heterocycles. The summed E-state index contributed by atoms with van der Waals surface area (Å²) in [5, 5.41) is 8.52. The highest BCUT2D eigenvalue weighted by Crippen LogP contribution is 2.22. The number of aromatic nitrogens is 2. The fourth-order valence-corrected chi connectivity index (χ4v) is 3.17. The Bertz CT molecular complexity index is 613. The Hall–Kier alpha value is -1.46. The summed E-state index contributed by atoms with van der Waals surface area (Å²) >= 11 is 7.09. The minimum absolute atomic E-state index is 0.0689. The number of nitrogens with zero attached hydrogens (tertiary/aromatic N) is 3. The lowest BCUT2D eigenvalue weighted by atomic mass is 10.0. The first-order valence-electron chi connectivity index (χ1n) is 6.09. The van der Waals surface area contributed by atoms with Crippen LogP contribution in [0.5, 0.6) is 0 Å². The van der Waals surface area contributed by atoms with E-state index in [9.17, 15) is 4.79 Å². The van der Waals surface area contributed by atoms with Crippen molar-refractivity contribution in [1.82, 2.24) is 15.1 Å². The summed E-state index contributed by atoms with van der Waals surface area (Å²) in [5.41, 5.74) is 1.93. The molecule has 0 saturated heterocycles. The molecule has 2 aromatic rings. The lowest BCUT2D eigenvalue weighted by Gasteiger charge is -2.19. The van der Waals surface area contributed by atoms with Crippen molar-refractivity contribution in [3.8, 4) is 0 Å². The molecule has 1 aromatic carbocycles. The smallest absolute Gasteiger partial charge is 0.254 e. The van der Waals surface area contributed by atoms with Crippen LogP contribution in [0.2, 0.25) is 4.47 Å². The molecule has 0 spiro atoms. The van der Waals surface area contributed by atoms with Crippen molar-refractivity contribution in [3.05, 3.63) is 44.9 Å². The van der Waals surface area contributed by atoms with Crippen LogP contribution in [0.15, 0.2) is 24.3 Å². The maximum Gasteiger partial charge on any atom is 0.254 e. The van der Waals surface area contributed by atoms with Gasteiger partial charge in [0.2, 0.25) is 4.47 Å². The van der Waals surface area contributed by atoms with Crippen LogP contribution < -0.4 is 0 Å². The van der Waals surface area contributed by atoms with Crippen molar-refractivity contribution in [2.45, 2.75) is 19.4 Å². The highest BCUT2D eigenvalue weighted by atomic mass is 35.5. The second-order valence-electron chi connectivity index (χ2n) is 4.44. The van der Waals surface area contributed by atoms with E-state index in [4.69, 9.17) is 11.6 Å². The lowest BCUT2D eigenvalue weighted by Crippen LogP contribution is -2.30. The number of rotatable bonds is 2. The van der Waals surface area contributed by atoms with E-state index in [-0.39, 0.29) is 5.91 Å². The van der Waals surface area contributed by atoms with Crippen LogP contribution in [0.3, 0.4) is 0 Å². The predicted molar refractivity (Wildman–Crippen MR) is 74.4 cm³/mol. The average molecular weight is 294 g/mol. The van der Waals surface area contributed by atoms with Gasteiger partial charge in [-0.05, 0) is 36.1 Å². The van der Waals surface area contributed by atoms with Crippen LogP contribution in [0.1, 0.15) is 27.3 Å². The summed E-state index contributed by atoms with van der Waals surface area (Å²) in [7, 11) is 0. The predicted octanol–water partition coefficient (Wildman–Crippen LogP) is 2.78. The zero-order chi connectivity index (χ0) is 13.2. The number of carbonyl (C=O) groups is 1. The van der Waals surface area contributed by atoms with Gasteiger partial charge in [-0.25, -0.2) is 0 Å². The number of aryl methyl sites for hydroxylation is 1. The van der Waals surface area contributed by atoms with Crippen LogP contribution in [0.4, 0.5) is 0 Å². The minimum atomic E-state index is 0.0689. The van der Waals surface area contributed by atoms with Crippen molar-refractivity contribution >= 4 is 28.8 Å². The van der Waals surface area contributed by atoms with Gasteiger partial charge in [0.15, 0.2) is 0 Å². The van der Waals surface area contributed by atoms with Crippen molar-refractivity contribution in [2.24, 2.45) is 0 Å². The van der Waals surface area contributed by atoms with E-state index in [2.05, 4.69) is 10.2 Å². The number of amides is 1. The number of hydrogen-bond donors (Lipinski definition) is 0. The Morgan fingerprint density at radius 1 is 1.32 bits per heavy atom. The van der Waals surface area contributed by atoms with E-state index < -0.39 is 0 Å². The molecule has 98 valence electrons. The third kappa shape index (κ3) is 2.62. The van der Waals surface area contributed by atoms with E-state index in [1.807, 2.05) is 29.2 Å². The average Bonchev–Trinajstić information content (AvgIpc) is 2.75. The standard InChI is InChI=1S/C13H12ClN3OS/c14-13-16-15-11(19-13)8-17-7-3-5-9-4-1-2-6-10(9)12(17)18/h1-2,4,6H,3,5,7-8H2. The Balaban J connectivity index is 1.85. The van der Waals surface area contributed by atoms with E-state index in [1.54, 1.807) is 0 Å². The molecule has 4 nitrogen and oxygen atoms in total. The fourth-order valence-electron chi connectivity index (χ4n) is 2.29. The molecule has 0 unspecified atom stereocenters. The number of fused-ring (bicyclic) bond motifs is 1. The summed E-state index contributed by atoms with van der Waals surface area (Å²) in [6, 6.07) is 7.80. The summed E-state index contributed by atoms with van der Waals surface area (Å²) < 4.78 is 0.415. The Labute approximate surface area is 120 Å². The second kappa shape index (κ2) is 5.27. The largest absolute Gasteiger partial charge is 0.332 e. The van der Waals surface area contributed by atoms with Crippen molar-refractivity contribution in [2.75, 3.05) is 6.54 Å². The zero-order valence-corrected chi connectivity index (χ0v) is 11.7. The van der Waals surface area contributed by atoms with Crippen molar-refractivity contribution in [3.63, 3.8) is 0 Å². The first kappa shape index (κ1) is 12.6. The molecule has 3 rings (SSSR count). The zero-order valence-electron chi connectivity index (χ0n) is 10.2. The van der Waals surface area contributed by atoms with E-state index >= 15 is 0 Å². The van der Waals surface area contributed by atoms with Crippen LogP contribution in [-0.2, 0) is 13.0 Å². The topological polar surface area (TPSA) is 46.1 Å².